The van der Waals surface area contributed by atoms with Gasteiger partial charge in [0.25, 0.3) is 17.8 Å². The fourth-order valence-corrected chi connectivity index (χ4v) is 24.2. The average Bonchev–Trinajstić information content (AvgIpc) is 1.63. The third-order valence-corrected chi connectivity index (χ3v) is 32.7. The third-order valence-electron chi connectivity index (χ3n) is 32.7. The van der Waals surface area contributed by atoms with Crippen LogP contribution in [-0.2, 0) is 116 Å². The number of hydrogen-bond donors (Lipinski definition) is 3. The van der Waals surface area contributed by atoms with Gasteiger partial charge in [0.1, 0.15) is 71.5 Å². The summed E-state index contributed by atoms with van der Waals surface area (Å²) in [5, 5.41) is 8.46. The van der Waals surface area contributed by atoms with Crippen LogP contribution in [0.4, 0.5) is 40.7 Å². The van der Waals surface area contributed by atoms with Crippen molar-refractivity contribution >= 4 is 88.0 Å². The van der Waals surface area contributed by atoms with Crippen molar-refractivity contribution in [3.63, 3.8) is 0 Å². The van der Waals surface area contributed by atoms with E-state index in [4.69, 9.17) is 42.6 Å². The summed E-state index contributed by atoms with van der Waals surface area (Å²) >= 11 is 0. The Hall–Kier alpha value is -8.96. The van der Waals surface area contributed by atoms with Gasteiger partial charge in [-0.25, -0.2) is 63.1 Å². The minimum atomic E-state index is -3.34. The molecule has 8 unspecified atom stereocenters. The van der Waals surface area contributed by atoms with Crippen LogP contribution in [0.25, 0.3) is 33.1 Å². The summed E-state index contributed by atoms with van der Waals surface area (Å²) < 4.78 is 152. The van der Waals surface area contributed by atoms with E-state index in [9.17, 15) is 43.2 Å². The fraction of sp³-hybridized carbons (Fsp3) is 0.683. The first-order valence-corrected chi connectivity index (χ1v) is 50.1. The molecule has 39 heteroatoms. The first-order chi connectivity index (χ1) is 66.4. The van der Waals surface area contributed by atoms with Crippen LogP contribution in [-0.4, -0.2) is 213 Å². The van der Waals surface area contributed by atoms with Crippen molar-refractivity contribution in [1.29, 1.82) is 0 Å². The van der Waals surface area contributed by atoms with Gasteiger partial charge in [0.2, 0.25) is 35.4 Å². The largest absolute Gasteiger partial charge is 0.540 e. The molecule has 13 aliphatic rings. The summed E-state index contributed by atoms with van der Waals surface area (Å²) in [5.74, 6) is -15.1. The van der Waals surface area contributed by atoms with Gasteiger partial charge in [-0.1, -0.05) is 120 Å². The van der Waals surface area contributed by atoms with Crippen LogP contribution in [0.5, 0.6) is 34.9 Å². The van der Waals surface area contributed by atoms with Gasteiger partial charge < -0.3 is 87.7 Å². The molecule has 775 valence electrons. The number of nitrogens with one attached hydrogen (secondary N) is 3. The molecule has 3 radical (unpaired) electrons. The Bertz CT molecular complexity index is 5600. The smallest absolute Gasteiger partial charge is 0.408 e. The molecule has 6 amide bonds. The van der Waals surface area contributed by atoms with Crippen molar-refractivity contribution in [2.45, 2.75) is 309 Å². The van der Waals surface area contributed by atoms with Gasteiger partial charge in [0.15, 0.2) is 17.1 Å². The van der Waals surface area contributed by atoms with Gasteiger partial charge in [0, 0.05) is 91.6 Å². The summed E-state index contributed by atoms with van der Waals surface area (Å²) in [5.41, 5.74) is -2.79. The number of amides is 6. The van der Waals surface area contributed by atoms with E-state index < -0.39 is 183 Å². The van der Waals surface area contributed by atoms with Crippen LogP contribution in [0.1, 0.15) is 236 Å². The summed E-state index contributed by atoms with van der Waals surface area (Å²) in [6.07, 6.45) is 13.2. The zero-order chi connectivity index (χ0) is 100. The Labute approximate surface area is 865 Å². The molecular formula is C104H131F6N12O18V3-3. The molecule has 6 aliphatic heterocycles. The fourth-order valence-electron chi connectivity index (χ4n) is 24.2. The van der Waals surface area contributed by atoms with E-state index in [0.29, 0.717) is 136 Å². The molecule has 3 saturated heterocycles. The van der Waals surface area contributed by atoms with Crippen molar-refractivity contribution in [2.24, 2.45) is 99.1 Å². The number of aromatic nitrogens is 6. The Morgan fingerprint density at radius 1 is 0.392 bits per heavy atom. The van der Waals surface area contributed by atoms with Crippen molar-refractivity contribution < 1.29 is 168 Å². The van der Waals surface area contributed by atoms with Crippen molar-refractivity contribution in [1.82, 2.24) is 60.6 Å². The van der Waals surface area contributed by atoms with Gasteiger partial charge in [0.05, 0.1) is 74.1 Å². The maximum Gasteiger partial charge on any atom is 0.408 e. The molecule has 0 spiro atoms. The zero-order valence-corrected chi connectivity index (χ0v) is 88.1. The van der Waals surface area contributed by atoms with E-state index in [1.165, 1.54) is 36.0 Å². The van der Waals surface area contributed by atoms with Gasteiger partial charge in [-0.15, -0.1) is 0 Å². The molecule has 6 aromatic rings. The number of rotatable bonds is 9. The van der Waals surface area contributed by atoms with Crippen LogP contribution in [0, 0.1) is 99.1 Å². The molecule has 3 aromatic carbocycles. The topological polar surface area (TPSA) is 360 Å². The van der Waals surface area contributed by atoms with Crippen LogP contribution >= 0.6 is 0 Å². The molecule has 10 fully saturated rings. The van der Waals surface area contributed by atoms with Gasteiger partial charge in [-0.05, 0) is 234 Å². The second kappa shape index (κ2) is 42.7. The Balaban J connectivity index is 0.000000168. The van der Waals surface area contributed by atoms with E-state index in [1.54, 1.807) is 54.6 Å². The number of alkyl halides is 6. The number of hydrogen-bond acceptors (Lipinski definition) is 24. The number of benzene rings is 3. The average molecular weight is 2100 g/mol. The second-order valence-electron chi connectivity index (χ2n) is 44.7. The predicted octanol–water partition coefficient (Wildman–Crippen LogP) is 16.9. The minimum absolute atomic E-state index is 0. The maximum atomic E-state index is 16.5. The summed E-state index contributed by atoms with van der Waals surface area (Å²) in [4.78, 5) is 151. The molecule has 143 heavy (non-hydrogen) atoms. The number of ether oxygens (including phenoxy) is 9. The molecule has 3 N–H and O–H groups in total. The van der Waals surface area contributed by atoms with Gasteiger partial charge in [-0.2, -0.15) is 26.3 Å². The Morgan fingerprint density at radius 2 is 0.741 bits per heavy atom. The Morgan fingerprint density at radius 3 is 1.10 bits per heavy atom. The maximum absolute atomic E-state index is 16.5. The third kappa shape index (κ3) is 22.2. The monoisotopic (exact) mass is 2100 g/mol. The van der Waals surface area contributed by atoms with Gasteiger partial charge >= 0.3 is 18.3 Å². The first-order valence-electron chi connectivity index (χ1n) is 50.1. The number of methoxy groups -OCH3 is 3. The molecule has 7 saturated carbocycles. The minimum Gasteiger partial charge on any atom is -0.540 e. The first kappa shape index (κ1) is 110. The molecule has 30 nitrogen and oxygen atoms in total. The van der Waals surface area contributed by atoms with Crippen molar-refractivity contribution in [2.75, 3.05) is 41.0 Å². The van der Waals surface area contributed by atoms with Crippen LogP contribution in [0.2, 0.25) is 0 Å². The van der Waals surface area contributed by atoms with Crippen LogP contribution in [0.3, 0.4) is 0 Å². The van der Waals surface area contributed by atoms with Crippen molar-refractivity contribution in [3.05, 3.63) is 71.7 Å². The second-order valence-corrected chi connectivity index (χ2v) is 44.7. The van der Waals surface area contributed by atoms with E-state index in [0.717, 1.165) is 38.5 Å². The standard InChI is InChI=1S/C35H43F2N4O6.C35H45F2N4O6.C34H43F2N4O6.3V/c1-6-20-26(16-42)41-15-28(20)46-31-29(38-24-10-8-19(45-5)14-25(24)39-31)35(36,37)23-12-17(23)7-9-21-22-11-18(22)13-27(21)47-33(44)40-30(32(41)43)34(2,3)4;1-7-22-26(18-42)41-17-27(22)46-30-28(38-24-13-12-21(45-6)16-25(24)39-30)35(36,37)23-15-19(23)10-11-20-9-8-14-34(20,5)47-32(44)40-29(31(41)43)33(2,3)4;1-6-21-25(17-41)40-16-27(21)45-30-28(37-23-13-12-20(44-5)15-24(23)38-30)34(35,36)22-14-19(22)11-10-18-8-7-9-26(18)46-32(43)39-29(31(40)42)33(2,3)4;;;/h8,10,14,17-18,20-23,26-28,30H,6-7,9,11-13,15H2,1-5H3,(H,40,44);12-13,16,19-20,22-23,26-27,29H,7-11,14-15,17H2,1-6H3,(H,40,44);12-13,15,18-19,21-22,25-27,29H,6-11,14,16H2,1-5H3,(H,39,43);;;/q3*-1;;;/t17?,18?,20-,21+,22?,23?,26+,27+,28-,30+;19?,20-,22-,23?,26+,27-,29+,34+;18-,19?,21-,22?,25+,26+,27-,29+;;;/m000.../s1. The molecule has 7 aliphatic carbocycles. The summed E-state index contributed by atoms with van der Waals surface area (Å²) in [7, 11) is 4.50. The molecule has 6 bridgehead atoms. The van der Waals surface area contributed by atoms with E-state index in [1.807, 2.05) is 109 Å². The number of alkyl carbamates (subject to hydrolysis) is 3. The van der Waals surface area contributed by atoms with E-state index in [-0.39, 0.29) is 157 Å². The normalized spacial score (nSPS) is 33.8. The summed E-state index contributed by atoms with van der Waals surface area (Å²) in [6, 6.07) is 8.42. The Kier molecular flexibility index (Phi) is 32.8. The number of fused-ring (bicyclic) bond motifs is 20. The van der Waals surface area contributed by atoms with Crippen LogP contribution in [0.15, 0.2) is 54.6 Å². The number of nitrogens with zero attached hydrogens (tertiary/aromatic N) is 9. The molecule has 26 atom stereocenters. The van der Waals surface area contributed by atoms with Gasteiger partial charge in [-0.3, -0.25) is 14.4 Å². The quantitative estimate of drug-likeness (QED) is 0.0687. The zero-order valence-electron chi connectivity index (χ0n) is 83.9. The predicted molar refractivity (Wildman–Crippen MR) is 500 cm³/mol. The molecule has 3 aromatic heterocycles. The number of halogens is 6. The SMILES string of the molecule is CC[C@@H]1[C@@H]2CN(C(=O)[C@H](C(C)(C)C)NC(=O)O[C@@H]3CC4CC4[C@H]3CCC3CC3C(F)(F)c3nc4ccc(OC)cc4nc3O2)[C@@H]1[C-]=O.CC[C@@H]1[C@@H]2CN(C(=O)[C@H](C(C)(C)C)NC(=O)O[C@@H]3CCC[C@H]3CCC3CC3C(F)(F)c3nc4ccc(OC)cc4nc3O2)[C@@H]1[C-]=O.CC[C@@H]1[C@@H]2CN(C(=O)[C@H](C(C)(C)C)NC(=O)O[C@]3(C)CCC[C@H]3CCC3CC3C(F)(F)c3nc4ccc(OC)cc4nc3O2)[C@@H]1[C-]=O.[V].[V].[V]. The summed E-state index contributed by atoms with van der Waals surface area (Å²) in [6.45, 7) is 23.6. The van der Waals surface area contributed by atoms with Crippen LogP contribution < -0.4 is 44.4 Å². The number of carbonyl (C=O) groups is 6. The van der Waals surface area contributed by atoms with E-state index in [2.05, 4.69) is 45.9 Å². The molecule has 9 heterocycles. The molecule has 19 rings (SSSR count). The molecular weight excluding hydrogens is 1970 g/mol. The van der Waals surface area contributed by atoms with Crippen molar-refractivity contribution in [3.8, 4) is 34.9 Å². The number of carbonyl (C=O) groups excluding carboxylic acids is 9. The van der Waals surface area contributed by atoms with E-state index >= 15 is 26.3 Å².